The molecule has 1 N–H and O–H groups in total. The molecule has 0 amide bonds. The van der Waals surface area contributed by atoms with Crippen LogP contribution in [0.4, 0.5) is 45.5 Å². The Kier molecular flexibility index (Phi) is 19.9. The lowest BCUT2D eigenvalue weighted by Crippen LogP contribution is -2.10. The van der Waals surface area contributed by atoms with Crippen molar-refractivity contribution in [1.29, 1.82) is 0 Å². The molecule has 0 fully saturated rings. The number of rotatable bonds is 14. The van der Waals surface area contributed by atoms with E-state index >= 15 is 0 Å². The van der Waals surface area contributed by atoms with Crippen LogP contribution in [-0.2, 0) is 10.8 Å². The average Bonchev–Trinajstić information content (AvgIpc) is 1.59. The van der Waals surface area contributed by atoms with Crippen LogP contribution in [0.3, 0.4) is 0 Å². The lowest BCUT2D eigenvalue weighted by atomic mass is 9.87. The number of hydrogen-bond acceptors (Lipinski definition) is 9. The van der Waals surface area contributed by atoms with E-state index in [1.807, 2.05) is 91.0 Å². The minimum atomic E-state index is 0.0568. The summed E-state index contributed by atoms with van der Waals surface area (Å²) in [5, 5.41) is 25.6. The van der Waals surface area contributed by atoms with Crippen molar-refractivity contribution in [1.82, 2.24) is 29.5 Å². The van der Waals surface area contributed by atoms with Crippen molar-refractivity contribution >= 4 is 121 Å². The van der Waals surface area contributed by atoms with Crippen molar-refractivity contribution in [3.8, 4) is 57.2 Å². The van der Waals surface area contributed by atoms with E-state index in [1.54, 1.807) is 0 Å². The van der Waals surface area contributed by atoms with Gasteiger partial charge in [0.2, 0.25) is 23.6 Å². The van der Waals surface area contributed by atoms with Crippen molar-refractivity contribution in [2.75, 3.05) is 15.1 Å². The van der Waals surface area contributed by atoms with Crippen LogP contribution in [0, 0.1) is 0 Å². The van der Waals surface area contributed by atoms with Gasteiger partial charge in [0, 0.05) is 110 Å². The van der Waals surface area contributed by atoms with Gasteiger partial charge in [0.1, 0.15) is 0 Å². The number of nitrogens with zero attached hydrogens (tertiary/aromatic N) is 8. The first kappa shape index (κ1) is 70.6. The third-order valence-corrected chi connectivity index (χ3v) is 20.4. The molecule has 0 aliphatic rings. The fourth-order valence-electron chi connectivity index (χ4n) is 13.9. The van der Waals surface area contributed by atoms with E-state index in [9.17, 15) is 0 Å². The second kappa shape index (κ2) is 30.7. The molecule has 14 aromatic carbocycles. The van der Waals surface area contributed by atoms with E-state index in [4.69, 9.17) is 8.83 Å². The highest BCUT2D eigenvalue weighted by Crippen LogP contribution is 2.44. The van der Waals surface area contributed by atoms with Crippen molar-refractivity contribution in [2.24, 2.45) is 0 Å². The monoisotopic (exact) mass is 1550 g/mol. The maximum Gasteiger partial charge on any atom is 0.248 e. The number of anilines is 8. The van der Waals surface area contributed by atoms with Crippen LogP contribution in [0.2, 0.25) is 0 Å². The van der Waals surface area contributed by atoms with E-state index in [1.165, 1.54) is 21.9 Å². The zero-order valence-corrected chi connectivity index (χ0v) is 64.3. The Hall–Kier alpha value is -12.7. The van der Waals surface area contributed by atoms with Gasteiger partial charge >= 0.3 is 0 Å². The lowest BCUT2D eigenvalue weighted by Gasteiger charge is -2.26. The molecule has 18 rings (SSSR count). The van der Waals surface area contributed by atoms with Gasteiger partial charge in [-0.25, -0.2) is 0 Å². The van der Waals surface area contributed by atoms with Gasteiger partial charge in [-0.15, -0.1) is 20.4 Å². The highest BCUT2D eigenvalue weighted by molar-refractivity contribution is 9.10. The SMILES string of the molecule is CC(C)(C)c1ccc(-c2nnc(-c3cccc(-n4c5ccc(Br)cc5c5cc(Br)ccc54)c3)o2)cc1.CC(C)(C)c1ccc(-c2nnc(-c3cccc(-n4c5ccc(N(c6ccccc6)c6ccccc6)cc5c5cc(N(c6ccccc6)c6ccccc6)ccc54)c3)o2)cc1.c1ccc(Nc2ccccc2)cc1. The van der Waals surface area contributed by atoms with Crippen LogP contribution >= 0.6 is 31.9 Å². The molecular weight excluding hydrogens is 1470 g/mol. The molecule has 4 heterocycles. The van der Waals surface area contributed by atoms with Crippen LogP contribution in [0.5, 0.6) is 0 Å². The van der Waals surface area contributed by atoms with Crippen LogP contribution in [0.1, 0.15) is 52.7 Å². The topological polar surface area (TPSA) is 106 Å². The Labute approximate surface area is 651 Å². The average molecular weight is 1550 g/mol. The first-order valence-corrected chi connectivity index (χ1v) is 38.0. The number of halogens is 2. The standard InChI is InChI=1S/C54H43N5O.C30H23Br2N3O.C12H11N/c1-54(2,3)40-29-27-38(28-30-40)52-55-56-53(60-52)39-17-16-26-45(35-39)59-50-33-31-46(57(41-18-8-4-9-19-41)42-20-10-5-11-21-42)36-48(50)49-37-47(32-34-51(49)59)58(43-22-12-6-13-23-43)44-24-14-7-15-25-44;1-30(2,3)20-9-7-18(8-10-20)28-33-34-29(36-28)19-5-4-6-23(15-19)35-26-13-11-21(31)16-24(26)25-17-22(32)12-14-27(25)35;1-3-7-11(8-4-1)13-12-9-5-2-6-10-12/h4-37H,1-3H3;4-17H,1-3H3;1-10,13H. The van der Waals surface area contributed by atoms with E-state index in [0.29, 0.717) is 23.6 Å². The summed E-state index contributed by atoms with van der Waals surface area (Å²) in [6.45, 7) is 13.2. The molecule has 0 aliphatic heterocycles. The molecule has 0 spiro atoms. The summed E-state index contributed by atoms with van der Waals surface area (Å²) < 4.78 is 19.2. The predicted molar refractivity (Wildman–Crippen MR) is 457 cm³/mol. The third kappa shape index (κ3) is 15.2. The molecule has 0 saturated carbocycles. The van der Waals surface area contributed by atoms with Crippen LogP contribution in [0.15, 0.2) is 370 Å². The molecule has 0 unspecified atom stereocenters. The van der Waals surface area contributed by atoms with Gasteiger partial charge in [0.05, 0.1) is 22.1 Å². The minimum Gasteiger partial charge on any atom is -0.416 e. The highest BCUT2D eigenvalue weighted by Gasteiger charge is 2.24. The van der Waals surface area contributed by atoms with Gasteiger partial charge in [-0.3, -0.25) is 0 Å². The molecule has 532 valence electrons. The molecule has 4 aromatic heterocycles. The zero-order chi connectivity index (χ0) is 74.6. The maximum absolute atomic E-state index is 6.34. The van der Waals surface area contributed by atoms with Crippen molar-refractivity contribution in [3.05, 3.63) is 372 Å². The summed E-state index contributed by atoms with van der Waals surface area (Å²) in [6.07, 6.45) is 0. The van der Waals surface area contributed by atoms with Gasteiger partial charge in [-0.2, -0.15) is 0 Å². The van der Waals surface area contributed by atoms with Gasteiger partial charge in [-0.05, 0) is 228 Å². The van der Waals surface area contributed by atoms with Crippen molar-refractivity contribution in [2.45, 2.75) is 52.4 Å². The van der Waals surface area contributed by atoms with E-state index in [2.05, 4.69) is 379 Å². The number of para-hydroxylation sites is 6. The predicted octanol–water partition coefficient (Wildman–Crippen LogP) is 27.5. The molecule has 18 aromatic rings. The van der Waals surface area contributed by atoms with E-state index < -0.39 is 0 Å². The Balaban J connectivity index is 0.000000154. The second-order valence-electron chi connectivity index (χ2n) is 28.8. The normalized spacial score (nSPS) is 11.5. The Morgan fingerprint density at radius 2 is 0.569 bits per heavy atom. The summed E-state index contributed by atoms with van der Waals surface area (Å²) in [7, 11) is 0. The molecule has 0 saturated heterocycles. The highest BCUT2D eigenvalue weighted by atomic mass is 79.9. The molecule has 0 aliphatic carbocycles. The third-order valence-electron chi connectivity index (χ3n) is 19.4. The molecule has 0 radical (unpaired) electrons. The van der Waals surface area contributed by atoms with Crippen LogP contribution in [-0.4, -0.2) is 29.5 Å². The Morgan fingerprint density at radius 1 is 0.275 bits per heavy atom. The first-order valence-electron chi connectivity index (χ1n) is 36.4. The Bertz CT molecular complexity index is 5860. The van der Waals surface area contributed by atoms with Crippen molar-refractivity contribution < 1.29 is 8.83 Å². The zero-order valence-electron chi connectivity index (χ0n) is 61.1. The largest absolute Gasteiger partial charge is 0.416 e. The fraction of sp³-hybridized carbons (Fsp3) is 0.0833. The fourth-order valence-corrected chi connectivity index (χ4v) is 14.6. The summed E-state index contributed by atoms with van der Waals surface area (Å²) in [4.78, 5) is 4.63. The number of hydrogen-bond donors (Lipinski definition) is 1. The second-order valence-corrected chi connectivity index (χ2v) is 30.7. The van der Waals surface area contributed by atoms with Gasteiger partial charge in [0.15, 0.2) is 0 Å². The molecular formula is C96H77Br2N9O2. The maximum atomic E-state index is 6.34. The molecule has 0 atom stereocenters. The van der Waals surface area contributed by atoms with Crippen LogP contribution in [0.25, 0.3) is 101 Å². The van der Waals surface area contributed by atoms with Gasteiger partial charge in [-0.1, -0.05) is 219 Å². The Morgan fingerprint density at radius 3 is 0.890 bits per heavy atom. The van der Waals surface area contributed by atoms with Crippen LogP contribution < -0.4 is 15.1 Å². The van der Waals surface area contributed by atoms with Gasteiger partial charge < -0.3 is 33.1 Å². The lowest BCUT2D eigenvalue weighted by molar-refractivity contribution is 0.582. The number of aromatic nitrogens is 6. The number of benzene rings is 14. The molecule has 13 heteroatoms. The molecule has 109 heavy (non-hydrogen) atoms. The summed E-state index contributed by atoms with van der Waals surface area (Å²) in [5.74, 6) is 1.98. The number of fused-ring (bicyclic) bond motifs is 6. The minimum absolute atomic E-state index is 0.0568. The van der Waals surface area contributed by atoms with E-state index in [0.717, 1.165) is 121 Å². The quantitative estimate of drug-likeness (QED) is 0.114. The summed E-state index contributed by atoms with van der Waals surface area (Å²) in [5.41, 5.74) is 21.4. The van der Waals surface area contributed by atoms with Gasteiger partial charge in [0.25, 0.3) is 0 Å². The van der Waals surface area contributed by atoms with E-state index in [-0.39, 0.29) is 10.8 Å². The smallest absolute Gasteiger partial charge is 0.248 e. The number of nitrogens with one attached hydrogen (secondary N) is 1. The molecule has 0 bridgehead atoms. The molecule has 11 nitrogen and oxygen atoms in total. The first-order chi connectivity index (χ1) is 53.1. The summed E-state index contributed by atoms with van der Waals surface area (Å²) in [6, 6.07) is 122. The summed E-state index contributed by atoms with van der Waals surface area (Å²) >= 11 is 7.26. The van der Waals surface area contributed by atoms with Crippen molar-refractivity contribution in [3.63, 3.8) is 0 Å².